The predicted molar refractivity (Wildman–Crippen MR) is 58.0 cm³/mol. The normalized spacial score (nSPS) is 24.4. The molecular weight excluding hydrogens is 160 g/mol. The second-order valence-corrected chi connectivity index (χ2v) is 4.17. The number of piperidine rings is 1. The summed E-state index contributed by atoms with van der Waals surface area (Å²) in [5.74, 6) is 0. The first-order valence-electron chi connectivity index (χ1n) is 5.25. The highest BCUT2D eigenvalue weighted by molar-refractivity contribution is 4.95. The summed E-state index contributed by atoms with van der Waals surface area (Å²) < 4.78 is 0. The average molecular weight is 182 g/mol. The number of rotatable bonds is 3. The first kappa shape index (κ1) is 10.7. The van der Waals surface area contributed by atoms with Crippen molar-refractivity contribution in [1.82, 2.24) is 10.2 Å². The van der Waals surface area contributed by atoms with Crippen molar-refractivity contribution >= 4 is 0 Å². The molecule has 0 saturated carbocycles. The predicted octanol–water partition coefficient (Wildman–Crippen LogP) is 1.64. The van der Waals surface area contributed by atoms with Crippen molar-refractivity contribution in [3.63, 3.8) is 0 Å². The first-order chi connectivity index (χ1) is 6.22. The third-order valence-electron chi connectivity index (χ3n) is 2.67. The molecule has 1 aliphatic heterocycles. The van der Waals surface area contributed by atoms with Gasteiger partial charge in [-0.15, -0.1) is 0 Å². The van der Waals surface area contributed by atoms with Gasteiger partial charge in [0.2, 0.25) is 0 Å². The van der Waals surface area contributed by atoms with Crippen molar-refractivity contribution in [2.75, 3.05) is 26.7 Å². The number of hydrogen-bond acceptors (Lipinski definition) is 2. The Morgan fingerprint density at radius 3 is 2.92 bits per heavy atom. The van der Waals surface area contributed by atoms with Gasteiger partial charge in [-0.1, -0.05) is 11.6 Å². The van der Waals surface area contributed by atoms with Crippen LogP contribution in [0.15, 0.2) is 11.6 Å². The van der Waals surface area contributed by atoms with E-state index >= 15 is 0 Å². The van der Waals surface area contributed by atoms with E-state index in [1.807, 2.05) is 0 Å². The molecular formula is C11H22N2. The Hall–Kier alpha value is -0.340. The third kappa shape index (κ3) is 3.92. The summed E-state index contributed by atoms with van der Waals surface area (Å²) in [7, 11) is 2.06. The van der Waals surface area contributed by atoms with Crippen LogP contribution in [0.5, 0.6) is 0 Å². The maximum atomic E-state index is 3.36. The Bertz CT molecular complexity index is 171. The lowest BCUT2D eigenvalue weighted by molar-refractivity contribution is 0.213. The van der Waals surface area contributed by atoms with Gasteiger partial charge in [0.05, 0.1) is 0 Å². The van der Waals surface area contributed by atoms with Crippen molar-refractivity contribution in [1.29, 1.82) is 0 Å². The molecule has 1 atom stereocenters. The zero-order valence-corrected chi connectivity index (χ0v) is 9.14. The quantitative estimate of drug-likeness (QED) is 0.667. The van der Waals surface area contributed by atoms with Gasteiger partial charge >= 0.3 is 0 Å². The Morgan fingerprint density at radius 2 is 2.31 bits per heavy atom. The second kappa shape index (κ2) is 5.40. The van der Waals surface area contributed by atoms with Gasteiger partial charge in [-0.25, -0.2) is 0 Å². The molecule has 0 aromatic carbocycles. The second-order valence-electron chi connectivity index (χ2n) is 4.17. The molecule has 1 aliphatic rings. The summed E-state index contributed by atoms with van der Waals surface area (Å²) >= 11 is 0. The molecule has 0 spiro atoms. The monoisotopic (exact) mass is 182 g/mol. The van der Waals surface area contributed by atoms with Crippen LogP contribution in [0.25, 0.3) is 0 Å². The highest BCUT2D eigenvalue weighted by atomic mass is 15.2. The van der Waals surface area contributed by atoms with Gasteiger partial charge in [-0.05, 0) is 40.3 Å². The smallest absolute Gasteiger partial charge is 0.0192 e. The highest BCUT2D eigenvalue weighted by Gasteiger charge is 2.16. The molecule has 13 heavy (non-hydrogen) atoms. The summed E-state index contributed by atoms with van der Waals surface area (Å²) in [6, 6.07) is 0.708. The lowest BCUT2D eigenvalue weighted by Gasteiger charge is -2.31. The minimum absolute atomic E-state index is 0.708. The van der Waals surface area contributed by atoms with Crippen LogP contribution in [0, 0.1) is 0 Å². The summed E-state index contributed by atoms with van der Waals surface area (Å²) in [6.07, 6.45) is 4.99. The van der Waals surface area contributed by atoms with Gasteiger partial charge in [-0.3, -0.25) is 4.90 Å². The van der Waals surface area contributed by atoms with E-state index < -0.39 is 0 Å². The molecule has 2 heteroatoms. The van der Waals surface area contributed by atoms with E-state index in [1.54, 1.807) is 0 Å². The molecule has 1 saturated heterocycles. The van der Waals surface area contributed by atoms with Gasteiger partial charge in [-0.2, -0.15) is 0 Å². The van der Waals surface area contributed by atoms with E-state index in [9.17, 15) is 0 Å². The zero-order chi connectivity index (χ0) is 9.68. The van der Waals surface area contributed by atoms with Crippen LogP contribution in [0.2, 0.25) is 0 Å². The van der Waals surface area contributed by atoms with Crippen molar-refractivity contribution in [3.8, 4) is 0 Å². The molecule has 2 nitrogen and oxygen atoms in total. The molecule has 1 fully saturated rings. The Balaban J connectivity index is 2.30. The largest absolute Gasteiger partial charge is 0.316 e. The summed E-state index contributed by atoms with van der Waals surface area (Å²) in [5.41, 5.74) is 1.42. The number of nitrogens with one attached hydrogen (secondary N) is 1. The molecule has 1 rings (SSSR count). The fourth-order valence-corrected chi connectivity index (χ4v) is 1.77. The molecule has 1 heterocycles. The maximum absolute atomic E-state index is 3.36. The van der Waals surface area contributed by atoms with Gasteiger partial charge in [0.25, 0.3) is 0 Å². The number of likely N-dealkylation sites (N-methyl/N-ethyl adjacent to an activating group) is 1. The van der Waals surface area contributed by atoms with E-state index in [0.29, 0.717) is 6.04 Å². The molecule has 0 bridgehead atoms. The minimum atomic E-state index is 0.708. The number of allylic oxidation sites excluding steroid dienone is 1. The number of nitrogens with zero attached hydrogens (tertiary/aromatic N) is 1. The van der Waals surface area contributed by atoms with E-state index in [4.69, 9.17) is 0 Å². The van der Waals surface area contributed by atoms with Gasteiger partial charge in [0, 0.05) is 19.1 Å². The molecule has 0 radical (unpaired) electrons. The average Bonchev–Trinajstić information content (AvgIpc) is 2.15. The van der Waals surface area contributed by atoms with Gasteiger partial charge < -0.3 is 5.32 Å². The van der Waals surface area contributed by atoms with E-state index in [0.717, 1.165) is 6.54 Å². The maximum Gasteiger partial charge on any atom is 0.0192 e. The van der Waals surface area contributed by atoms with Crippen LogP contribution in [0.4, 0.5) is 0 Å². The van der Waals surface area contributed by atoms with E-state index in [1.165, 1.54) is 31.5 Å². The van der Waals surface area contributed by atoms with E-state index in [2.05, 4.69) is 37.2 Å². The molecule has 0 aromatic heterocycles. The Kier molecular flexibility index (Phi) is 4.46. The van der Waals surface area contributed by atoms with Crippen LogP contribution in [0.3, 0.4) is 0 Å². The fraction of sp³-hybridized carbons (Fsp3) is 0.818. The van der Waals surface area contributed by atoms with E-state index in [-0.39, 0.29) is 0 Å². The number of hydrogen-bond donors (Lipinski definition) is 1. The zero-order valence-electron chi connectivity index (χ0n) is 9.14. The molecule has 1 unspecified atom stereocenters. The van der Waals surface area contributed by atoms with Gasteiger partial charge in [0.15, 0.2) is 0 Å². The Labute approximate surface area is 82.0 Å². The number of likely N-dealkylation sites (tertiary alicyclic amines) is 1. The third-order valence-corrected chi connectivity index (χ3v) is 2.67. The summed E-state index contributed by atoms with van der Waals surface area (Å²) in [6.45, 7) is 7.93. The van der Waals surface area contributed by atoms with Crippen molar-refractivity contribution in [3.05, 3.63) is 11.6 Å². The van der Waals surface area contributed by atoms with Crippen molar-refractivity contribution in [2.24, 2.45) is 0 Å². The lowest BCUT2D eigenvalue weighted by atomic mass is 10.1. The van der Waals surface area contributed by atoms with Crippen LogP contribution >= 0.6 is 0 Å². The molecule has 0 aliphatic carbocycles. The molecule has 0 aromatic rings. The summed E-state index contributed by atoms with van der Waals surface area (Å²) in [4.78, 5) is 2.53. The molecule has 0 amide bonds. The first-order valence-corrected chi connectivity index (χ1v) is 5.25. The van der Waals surface area contributed by atoms with Crippen LogP contribution in [0.1, 0.15) is 26.7 Å². The van der Waals surface area contributed by atoms with Crippen molar-refractivity contribution in [2.45, 2.75) is 32.7 Å². The summed E-state index contributed by atoms with van der Waals surface area (Å²) in [5, 5.41) is 3.36. The van der Waals surface area contributed by atoms with Gasteiger partial charge in [0.1, 0.15) is 0 Å². The fourth-order valence-electron chi connectivity index (χ4n) is 1.77. The Morgan fingerprint density at radius 1 is 1.54 bits per heavy atom. The van der Waals surface area contributed by atoms with Crippen LogP contribution in [-0.4, -0.2) is 37.6 Å². The lowest BCUT2D eigenvalue weighted by Crippen LogP contribution is -2.44. The van der Waals surface area contributed by atoms with Crippen LogP contribution < -0.4 is 5.32 Å². The van der Waals surface area contributed by atoms with Crippen molar-refractivity contribution < 1.29 is 0 Å². The SMILES string of the molecule is CNC1CCCN(CC=C(C)C)C1. The molecule has 1 N–H and O–H groups in total. The standard InChI is InChI=1S/C11H22N2/c1-10(2)6-8-13-7-4-5-11(9-13)12-3/h6,11-12H,4-5,7-9H2,1-3H3. The topological polar surface area (TPSA) is 15.3 Å². The molecule has 76 valence electrons. The van der Waals surface area contributed by atoms with Crippen LogP contribution in [-0.2, 0) is 0 Å². The minimum Gasteiger partial charge on any atom is -0.316 e. The highest BCUT2D eigenvalue weighted by Crippen LogP contribution is 2.09.